The van der Waals surface area contributed by atoms with Gasteiger partial charge in [0.2, 0.25) is 10.0 Å². The largest absolute Gasteiger partial charge is 0.249 e. The van der Waals surface area contributed by atoms with Crippen molar-refractivity contribution in [2.75, 3.05) is 12.3 Å². The minimum Gasteiger partial charge on any atom is -0.249 e. The molecule has 1 N–H and O–H groups in total. The molecule has 120 valence electrons. The molecule has 0 amide bonds. The van der Waals surface area contributed by atoms with Crippen molar-refractivity contribution in [3.63, 3.8) is 0 Å². The van der Waals surface area contributed by atoms with Crippen LogP contribution in [0.2, 0.25) is 0 Å². The summed E-state index contributed by atoms with van der Waals surface area (Å²) in [4.78, 5) is 5.58. The number of unbranched alkanes of at least 4 members (excludes halogenated alkanes) is 1. The smallest absolute Gasteiger partial charge is 0.211 e. The molecule has 2 rings (SSSR count). The second-order valence-corrected chi connectivity index (χ2v) is 8.33. The maximum absolute atomic E-state index is 11.7. The van der Waals surface area contributed by atoms with Gasteiger partial charge >= 0.3 is 0 Å². The number of rotatable bonds is 9. The molecular weight excluding hydrogens is 316 g/mol. The van der Waals surface area contributed by atoms with Gasteiger partial charge in [0.05, 0.1) is 10.8 Å². The molecule has 2 aromatic rings. The fraction of sp³-hybridized carbons (Fsp3) is 0.438. The normalized spacial score (nSPS) is 11.7. The van der Waals surface area contributed by atoms with Crippen LogP contribution in [-0.2, 0) is 22.9 Å². The summed E-state index contributed by atoms with van der Waals surface area (Å²) in [6.45, 7) is 2.41. The Labute approximate surface area is 136 Å². The summed E-state index contributed by atoms with van der Waals surface area (Å²) in [5.74, 6) is 0.209. The summed E-state index contributed by atoms with van der Waals surface area (Å²) >= 11 is 1.65. The van der Waals surface area contributed by atoms with Crippen molar-refractivity contribution in [1.82, 2.24) is 9.71 Å². The predicted octanol–water partition coefficient (Wildman–Crippen LogP) is 3.00. The van der Waals surface area contributed by atoms with Crippen molar-refractivity contribution in [1.29, 1.82) is 0 Å². The second kappa shape index (κ2) is 8.41. The molecule has 1 aromatic carbocycles. The first-order chi connectivity index (χ1) is 10.6. The summed E-state index contributed by atoms with van der Waals surface area (Å²) in [6, 6.07) is 10.3. The van der Waals surface area contributed by atoms with Crippen LogP contribution in [0.3, 0.4) is 0 Å². The van der Waals surface area contributed by atoms with E-state index in [0.717, 1.165) is 17.8 Å². The van der Waals surface area contributed by atoms with Crippen LogP contribution in [-0.4, -0.2) is 25.7 Å². The molecule has 0 spiro atoms. The molecule has 0 fully saturated rings. The quantitative estimate of drug-likeness (QED) is 0.764. The lowest BCUT2D eigenvalue weighted by Crippen LogP contribution is -2.28. The van der Waals surface area contributed by atoms with Gasteiger partial charge in [-0.25, -0.2) is 18.1 Å². The third kappa shape index (κ3) is 5.87. The molecule has 0 aliphatic rings. The average Bonchev–Trinajstić information content (AvgIpc) is 2.93. The van der Waals surface area contributed by atoms with Gasteiger partial charge in [0, 0.05) is 30.5 Å². The Balaban J connectivity index is 1.80. The zero-order chi connectivity index (χ0) is 15.8. The van der Waals surface area contributed by atoms with Gasteiger partial charge in [-0.15, -0.1) is 11.3 Å². The maximum atomic E-state index is 11.7. The van der Waals surface area contributed by atoms with Crippen molar-refractivity contribution in [2.45, 2.75) is 32.6 Å². The van der Waals surface area contributed by atoms with E-state index < -0.39 is 10.0 Å². The van der Waals surface area contributed by atoms with E-state index in [-0.39, 0.29) is 5.75 Å². The van der Waals surface area contributed by atoms with E-state index in [1.54, 1.807) is 11.3 Å². The zero-order valence-corrected chi connectivity index (χ0v) is 14.4. The number of hydrogen-bond donors (Lipinski definition) is 1. The Kier molecular flexibility index (Phi) is 6.54. The summed E-state index contributed by atoms with van der Waals surface area (Å²) in [6.07, 6.45) is 4.99. The van der Waals surface area contributed by atoms with Crippen molar-refractivity contribution in [2.24, 2.45) is 0 Å². The van der Waals surface area contributed by atoms with Gasteiger partial charge in [-0.1, -0.05) is 43.7 Å². The Bertz CT molecular complexity index is 666. The molecule has 0 aliphatic heterocycles. The number of hydrogen-bond acceptors (Lipinski definition) is 4. The summed E-state index contributed by atoms with van der Waals surface area (Å²) < 4.78 is 26.0. The lowest BCUT2D eigenvalue weighted by molar-refractivity contribution is 0.578. The molecule has 0 saturated heterocycles. The van der Waals surface area contributed by atoms with Gasteiger partial charge in [-0.3, -0.25) is 0 Å². The Morgan fingerprint density at radius 1 is 1.23 bits per heavy atom. The first kappa shape index (κ1) is 17.1. The summed E-state index contributed by atoms with van der Waals surface area (Å²) in [7, 11) is -3.13. The van der Waals surface area contributed by atoms with Gasteiger partial charge < -0.3 is 0 Å². The van der Waals surface area contributed by atoms with E-state index in [9.17, 15) is 8.42 Å². The highest BCUT2D eigenvalue weighted by atomic mass is 32.2. The minimum atomic E-state index is -3.13. The van der Waals surface area contributed by atoms with Gasteiger partial charge in [0.25, 0.3) is 0 Å². The topological polar surface area (TPSA) is 59.1 Å². The molecule has 0 unspecified atom stereocenters. The van der Waals surface area contributed by atoms with Crippen molar-refractivity contribution in [3.8, 4) is 0 Å². The number of thiazole rings is 1. The zero-order valence-electron chi connectivity index (χ0n) is 12.8. The molecular formula is C16H22N2O2S2. The van der Waals surface area contributed by atoms with Crippen LogP contribution in [0.25, 0.3) is 0 Å². The van der Waals surface area contributed by atoms with Crippen LogP contribution in [0, 0.1) is 0 Å². The lowest BCUT2D eigenvalue weighted by Gasteiger charge is -2.04. The van der Waals surface area contributed by atoms with E-state index in [2.05, 4.69) is 21.8 Å². The monoisotopic (exact) mass is 338 g/mol. The molecule has 4 nitrogen and oxygen atoms in total. The van der Waals surface area contributed by atoms with E-state index >= 15 is 0 Å². The van der Waals surface area contributed by atoms with Gasteiger partial charge in [-0.2, -0.15) is 0 Å². The Morgan fingerprint density at radius 3 is 2.73 bits per heavy atom. The van der Waals surface area contributed by atoms with E-state index in [0.29, 0.717) is 19.4 Å². The van der Waals surface area contributed by atoms with Crippen LogP contribution in [0.15, 0.2) is 36.5 Å². The van der Waals surface area contributed by atoms with Crippen LogP contribution in [0.4, 0.5) is 0 Å². The Hall–Kier alpha value is -1.24. The molecule has 1 aromatic heterocycles. The fourth-order valence-electron chi connectivity index (χ4n) is 2.06. The first-order valence-electron chi connectivity index (χ1n) is 7.54. The number of nitrogens with one attached hydrogen (secondary N) is 1. The van der Waals surface area contributed by atoms with Gasteiger partial charge in [0.15, 0.2) is 0 Å². The van der Waals surface area contributed by atoms with E-state index in [1.807, 2.05) is 31.3 Å². The van der Waals surface area contributed by atoms with E-state index in [1.165, 1.54) is 10.4 Å². The van der Waals surface area contributed by atoms with Crippen molar-refractivity contribution >= 4 is 21.4 Å². The molecule has 0 radical (unpaired) electrons. The molecule has 6 heteroatoms. The first-order valence-corrected chi connectivity index (χ1v) is 10.0. The third-order valence-electron chi connectivity index (χ3n) is 3.25. The summed E-state index contributed by atoms with van der Waals surface area (Å²) in [5, 5.41) is 0.976. The fourth-order valence-corrected chi connectivity index (χ4v) is 4.24. The van der Waals surface area contributed by atoms with E-state index in [4.69, 9.17) is 0 Å². The highest BCUT2D eigenvalue weighted by molar-refractivity contribution is 7.89. The second-order valence-electron chi connectivity index (χ2n) is 5.20. The molecule has 0 bridgehead atoms. The predicted molar refractivity (Wildman–Crippen MR) is 91.8 cm³/mol. The van der Waals surface area contributed by atoms with Crippen molar-refractivity contribution < 1.29 is 8.42 Å². The van der Waals surface area contributed by atoms with Crippen LogP contribution < -0.4 is 4.72 Å². The number of aromatic nitrogens is 1. The van der Waals surface area contributed by atoms with Gasteiger partial charge in [-0.05, 0) is 12.0 Å². The average molecular weight is 338 g/mol. The number of benzene rings is 1. The SMILES string of the molecule is CCCCS(=O)(=O)NCCc1ncc(Cc2ccccc2)s1. The maximum Gasteiger partial charge on any atom is 0.211 e. The Morgan fingerprint density at radius 2 is 2.00 bits per heavy atom. The minimum absolute atomic E-state index is 0.209. The number of sulfonamides is 1. The molecule has 1 heterocycles. The molecule has 0 atom stereocenters. The van der Waals surface area contributed by atoms with Crippen LogP contribution in [0.5, 0.6) is 0 Å². The summed E-state index contributed by atoms with van der Waals surface area (Å²) in [5.41, 5.74) is 1.26. The van der Waals surface area contributed by atoms with Crippen molar-refractivity contribution in [3.05, 3.63) is 52.0 Å². The molecule has 0 aliphatic carbocycles. The lowest BCUT2D eigenvalue weighted by atomic mass is 10.1. The molecule has 22 heavy (non-hydrogen) atoms. The highest BCUT2D eigenvalue weighted by Gasteiger charge is 2.09. The van der Waals surface area contributed by atoms with Crippen LogP contribution >= 0.6 is 11.3 Å². The number of nitrogens with zero attached hydrogens (tertiary/aromatic N) is 1. The van der Waals surface area contributed by atoms with Gasteiger partial charge in [0.1, 0.15) is 0 Å². The standard InChI is InChI=1S/C16H22N2O2S2/c1-2-3-11-22(19,20)18-10-9-16-17-13-15(21-16)12-14-7-5-4-6-8-14/h4-8,13,18H,2-3,9-12H2,1H3. The molecule has 0 saturated carbocycles. The highest BCUT2D eigenvalue weighted by Crippen LogP contribution is 2.17. The van der Waals surface area contributed by atoms with Crippen LogP contribution in [0.1, 0.15) is 35.2 Å². The third-order valence-corrected chi connectivity index (χ3v) is 5.78.